The van der Waals surface area contributed by atoms with E-state index in [1.54, 1.807) is 0 Å². The zero-order chi connectivity index (χ0) is 10.6. The molecule has 0 aromatic carbocycles. The summed E-state index contributed by atoms with van der Waals surface area (Å²) < 4.78 is 4.82. The molecule has 0 saturated heterocycles. The Labute approximate surface area is 87.0 Å². The first-order valence-electron chi connectivity index (χ1n) is 5.64. The molecule has 0 bridgehead atoms. The molecule has 1 aliphatic carbocycles. The quantitative estimate of drug-likeness (QED) is 0.651. The number of esters is 1. The maximum Gasteiger partial charge on any atom is 0.311 e. The van der Waals surface area contributed by atoms with Crippen molar-refractivity contribution >= 4 is 5.97 Å². The van der Waals surface area contributed by atoms with E-state index in [1.165, 1.54) is 39.2 Å². The molecule has 1 rings (SSSR count). The van der Waals surface area contributed by atoms with Crippen LogP contribution in [0.2, 0.25) is 0 Å². The van der Waals surface area contributed by atoms with Crippen LogP contribution in [0.15, 0.2) is 0 Å². The first kappa shape index (κ1) is 11.5. The van der Waals surface area contributed by atoms with Crippen LogP contribution in [-0.4, -0.2) is 13.1 Å². The van der Waals surface area contributed by atoms with Crippen molar-refractivity contribution < 1.29 is 9.53 Å². The molecule has 0 N–H and O–H groups in total. The van der Waals surface area contributed by atoms with E-state index >= 15 is 0 Å². The lowest BCUT2D eigenvalue weighted by Gasteiger charge is -2.29. The van der Waals surface area contributed by atoms with E-state index in [0.29, 0.717) is 0 Å². The summed E-state index contributed by atoms with van der Waals surface area (Å²) >= 11 is 0. The minimum absolute atomic E-state index is 0.0666. The zero-order valence-corrected chi connectivity index (χ0v) is 9.64. The Hall–Kier alpha value is -0.530. The fourth-order valence-corrected chi connectivity index (χ4v) is 2.47. The summed E-state index contributed by atoms with van der Waals surface area (Å²) in [5.74, 6) is 0.668. The first-order valence-corrected chi connectivity index (χ1v) is 5.64. The van der Waals surface area contributed by atoms with Crippen molar-refractivity contribution in [3.05, 3.63) is 0 Å². The summed E-state index contributed by atoms with van der Waals surface area (Å²) in [5.41, 5.74) is -0.295. The van der Waals surface area contributed by atoms with Gasteiger partial charge >= 0.3 is 5.97 Å². The number of methoxy groups -OCH3 is 1. The van der Waals surface area contributed by atoms with Gasteiger partial charge in [-0.3, -0.25) is 4.79 Å². The van der Waals surface area contributed by atoms with E-state index in [2.05, 4.69) is 0 Å². The summed E-state index contributed by atoms with van der Waals surface area (Å²) in [7, 11) is 1.48. The van der Waals surface area contributed by atoms with E-state index in [-0.39, 0.29) is 11.4 Å². The Morgan fingerprint density at radius 2 is 1.86 bits per heavy atom. The van der Waals surface area contributed by atoms with Gasteiger partial charge in [-0.2, -0.15) is 0 Å². The number of ether oxygens (including phenoxy) is 1. The molecule has 0 aromatic heterocycles. The summed E-state index contributed by atoms with van der Waals surface area (Å²) in [6.45, 7) is 3.99. The van der Waals surface area contributed by atoms with Crippen LogP contribution >= 0.6 is 0 Å². The van der Waals surface area contributed by atoms with Crippen molar-refractivity contribution in [3.8, 4) is 0 Å². The van der Waals surface area contributed by atoms with Gasteiger partial charge in [-0.05, 0) is 26.2 Å². The van der Waals surface area contributed by atoms with Crippen LogP contribution in [-0.2, 0) is 9.53 Å². The van der Waals surface area contributed by atoms with Gasteiger partial charge in [0.05, 0.1) is 12.5 Å². The summed E-state index contributed by atoms with van der Waals surface area (Å²) in [4.78, 5) is 11.5. The van der Waals surface area contributed by atoms with Crippen LogP contribution < -0.4 is 0 Å². The molecular weight excluding hydrogens is 176 g/mol. The van der Waals surface area contributed by atoms with Crippen molar-refractivity contribution in [2.75, 3.05) is 7.11 Å². The predicted octanol–water partition coefficient (Wildman–Crippen LogP) is 3.16. The summed E-state index contributed by atoms with van der Waals surface area (Å²) in [6.07, 6.45) is 7.61. The second kappa shape index (κ2) is 4.81. The third-order valence-corrected chi connectivity index (χ3v) is 3.26. The van der Waals surface area contributed by atoms with Gasteiger partial charge in [-0.1, -0.05) is 32.1 Å². The Balaban J connectivity index is 2.44. The van der Waals surface area contributed by atoms with E-state index in [1.807, 2.05) is 13.8 Å². The van der Waals surface area contributed by atoms with E-state index < -0.39 is 0 Å². The molecule has 14 heavy (non-hydrogen) atoms. The van der Waals surface area contributed by atoms with Gasteiger partial charge in [0, 0.05) is 0 Å². The highest BCUT2D eigenvalue weighted by molar-refractivity contribution is 5.75. The third-order valence-electron chi connectivity index (χ3n) is 3.26. The molecular formula is C12H22O2. The fraction of sp³-hybridized carbons (Fsp3) is 0.917. The fourth-order valence-electron chi connectivity index (χ4n) is 2.47. The van der Waals surface area contributed by atoms with Crippen LogP contribution in [0.25, 0.3) is 0 Å². The largest absolute Gasteiger partial charge is 0.469 e. The molecule has 2 nitrogen and oxygen atoms in total. The number of hydrogen-bond donors (Lipinski definition) is 0. The lowest BCUT2D eigenvalue weighted by Crippen LogP contribution is -2.29. The molecule has 1 fully saturated rings. The molecule has 0 unspecified atom stereocenters. The van der Waals surface area contributed by atoms with Crippen LogP contribution in [0.5, 0.6) is 0 Å². The SMILES string of the molecule is COC(=O)C(C)(C)CC1CCCCC1. The van der Waals surface area contributed by atoms with Crippen LogP contribution in [0.4, 0.5) is 0 Å². The van der Waals surface area contributed by atoms with Crippen LogP contribution in [0.1, 0.15) is 52.4 Å². The molecule has 0 heterocycles. The average Bonchev–Trinajstić information content (AvgIpc) is 2.17. The smallest absolute Gasteiger partial charge is 0.311 e. The lowest BCUT2D eigenvalue weighted by molar-refractivity contribution is -0.151. The second-order valence-electron chi connectivity index (χ2n) is 5.08. The standard InChI is InChI=1S/C12H22O2/c1-12(2,11(13)14-3)9-10-7-5-4-6-8-10/h10H,4-9H2,1-3H3. The van der Waals surface area contributed by atoms with Gasteiger partial charge in [-0.15, -0.1) is 0 Å². The zero-order valence-electron chi connectivity index (χ0n) is 9.64. The normalized spacial score (nSPS) is 19.4. The molecule has 0 atom stereocenters. The van der Waals surface area contributed by atoms with Crippen molar-refractivity contribution in [2.24, 2.45) is 11.3 Å². The molecule has 0 aromatic rings. The van der Waals surface area contributed by atoms with E-state index in [9.17, 15) is 4.79 Å². The first-order chi connectivity index (χ1) is 6.56. The predicted molar refractivity (Wildman–Crippen MR) is 57.0 cm³/mol. The van der Waals surface area contributed by atoms with E-state index in [0.717, 1.165) is 12.3 Å². The number of carbonyl (C=O) groups excluding carboxylic acids is 1. The highest BCUT2D eigenvalue weighted by atomic mass is 16.5. The molecule has 0 spiro atoms. The monoisotopic (exact) mass is 198 g/mol. The van der Waals surface area contributed by atoms with Crippen molar-refractivity contribution in [1.29, 1.82) is 0 Å². The number of carbonyl (C=O) groups is 1. The Kier molecular flexibility index (Phi) is 3.97. The molecule has 82 valence electrons. The van der Waals surface area contributed by atoms with Crippen molar-refractivity contribution in [2.45, 2.75) is 52.4 Å². The summed E-state index contributed by atoms with van der Waals surface area (Å²) in [6, 6.07) is 0. The topological polar surface area (TPSA) is 26.3 Å². The molecule has 0 aliphatic heterocycles. The average molecular weight is 198 g/mol. The van der Waals surface area contributed by atoms with Crippen molar-refractivity contribution in [3.63, 3.8) is 0 Å². The molecule has 1 saturated carbocycles. The molecule has 0 amide bonds. The maximum absolute atomic E-state index is 11.5. The Morgan fingerprint density at radius 1 is 1.29 bits per heavy atom. The van der Waals surface area contributed by atoms with Crippen LogP contribution in [0.3, 0.4) is 0 Å². The number of rotatable bonds is 3. The second-order valence-corrected chi connectivity index (χ2v) is 5.08. The van der Waals surface area contributed by atoms with E-state index in [4.69, 9.17) is 4.74 Å². The van der Waals surface area contributed by atoms with Crippen molar-refractivity contribution in [1.82, 2.24) is 0 Å². The Morgan fingerprint density at radius 3 is 2.36 bits per heavy atom. The van der Waals surface area contributed by atoms with Gasteiger partial charge in [0.2, 0.25) is 0 Å². The minimum Gasteiger partial charge on any atom is -0.469 e. The van der Waals surface area contributed by atoms with Gasteiger partial charge in [0.1, 0.15) is 0 Å². The van der Waals surface area contributed by atoms with Gasteiger partial charge in [0.25, 0.3) is 0 Å². The minimum atomic E-state index is -0.295. The molecule has 0 radical (unpaired) electrons. The molecule has 2 heteroatoms. The summed E-state index contributed by atoms with van der Waals surface area (Å²) in [5, 5.41) is 0. The van der Waals surface area contributed by atoms with Crippen LogP contribution in [0, 0.1) is 11.3 Å². The van der Waals surface area contributed by atoms with Gasteiger partial charge in [-0.25, -0.2) is 0 Å². The lowest BCUT2D eigenvalue weighted by atomic mass is 9.76. The van der Waals surface area contributed by atoms with Gasteiger partial charge in [0.15, 0.2) is 0 Å². The Bertz CT molecular complexity index is 190. The highest BCUT2D eigenvalue weighted by Gasteiger charge is 2.32. The third kappa shape index (κ3) is 3.00. The van der Waals surface area contributed by atoms with Gasteiger partial charge < -0.3 is 4.74 Å². The molecule has 1 aliphatic rings. The number of hydrogen-bond acceptors (Lipinski definition) is 2. The highest BCUT2D eigenvalue weighted by Crippen LogP contribution is 2.35. The maximum atomic E-state index is 11.5.